The fourth-order valence-corrected chi connectivity index (χ4v) is 2.07. The number of anilines is 1. The van der Waals surface area contributed by atoms with Crippen molar-refractivity contribution in [1.82, 2.24) is 4.98 Å². The molecule has 1 N–H and O–H groups in total. The Morgan fingerprint density at radius 2 is 2.38 bits per heavy atom. The molecule has 70 valence electrons. The first-order valence-electron chi connectivity index (χ1n) is 4.97. The second kappa shape index (κ2) is 3.36. The molecule has 1 unspecified atom stereocenters. The van der Waals surface area contributed by atoms with E-state index in [1.165, 1.54) is 17.7 Å². The summed E-state index contributed by atoms with van der Waals surface area (Å²) in [5.74, 6) is 1.40. The lowest BCUT2D eigenvalue weighted by atomic mass is 9.84. The van der Waals surface area contributed by atoms with Crippen molar-refractivity contribution in [2.24, 2.45) is 5.92 Å². The average molecular weight is 176 g/mol. The predicted molar refractivity (Wildman–Crippen MR) is 54.9 cm³/mol. The largest absolute Gasteiger partial charge is 0.385 e. The summed E-state index contributed by atoms with van der Waals surface area (Å²) in [5, 5.41) is 3.41. The third-order valence-corrected chi connectivity index (χ3v) is 2.83. The summed E-state index contributed by atoms with van der Waals surface area (Å²) < 4.78 is 0. The molecule has 0 spiro atoms. The van der Waals surface area contributed by atoms with Gasteiger partial charge in [0.1, 0.15) is 0 Å². The van der Waals surface area contributed by atoms with Crippen LogP contribution in [0.15, 0.2) is 18.5 Å². The predicted octanol–water partition coefficient (Wildman–Crippen LogP) is 2.64. The fraction of sp³-hybridized carbons (Fsp3) is 0.545. The number of nitrogens with zero attached hydrogens (tertiary/aromatic N) is 1. The van der Waals surface area contributed by atoms with Crippen molar-refractivity contribution in [3.05, 3.63) is 24.0 Å². The molecule has 1 atom stereocenters. The Kier molecular flexibility index (Phi) is 2.21. The number of pyridine rings is 1. The molecule has 2 heterocycles. The second-order valence-corrected chi connectivity index (χ2v) is 4.03. The van der Waals surface area contributed by atoms with Crippen LogP contribution in [0.25, 0.3) is 0 Å². The van der Waals surface area contributed by atoms with E-state index in [1.807, 2.05) is 12.4 Å². The zero-order chi connectivity index (χ0) is 9.26. The van der Waals surface area contributed by atoms with Gasteiger partial charge in [-0.05, 0) is 29.9 Å². The minimum atomic E-state index is 0.685. The number of aromatic nitrogens is 1. The monoisotopic (exact) mass is 176 g/mol. The van der Waals surface area contributed by atoms with E-state index in [2.05, 4.69) is 30.2 Å². The van der Waals surface area contributed by atoms with Crippen molar-refractivity contribution in [1.29, 1.82) is 0 Å². The molecule has 13 heavy (non-hydrogen) atoms. The topological polar surface area (TPSA) is 24.9 Å². The summed E-state index contributed by atoms with van der Waals surface area (Å²) in [7, 11) is 0. The van der Waals surface area contributed by atoms with Crippen LogP contribution in [-0.2, 0) is 0 Å². The highest BCUT2D eigenvalue weighted by molar-refractivity contribution is 5.53. The maximum absolute atomic E-state index is 4.19. The van der Waals surface area contributed by atoms with Crippen molar-refractivity contribution in [2.75, 3.05) is 11.9 Å². The van der Waals surface area contributed by atoms with Crippen molar-refractivity contribution >= 4 is 5.69 Å². The Morgan fingerprint density at radius 1 is 1.54 bits per heavy atom. The Balaban J connectivity index is 2.37. The van der Waals surface area contributed by atoms with E-state index in [9.17, 15) is 0 Å². The first kappa shape index (κ1) is 8.54. The van der Waals surface area contributed by atoms with Crippen molar-refractivity contribution in [3.8, 4) is 0 Å². The van der Waals surface area contributed by atoms with Gasteiger partial charge in [0.15, 0.2) is 0 Å². The molecule has 2 heteroatoms. The highest BCUT2D eigenvalue weighted by Crippen LogP contribution is 2.35. The molecule has 0 fully saturated rings. The molecule has 0 saturated carbocycles. The number of hydrogen-bond donors (Lipinski definition) is 1. The molecule has 2 nitrogen and oxygen atoms in total. The van der Waals surface area contributed by atoms with Crippen LogP contribution in [0.1, 0.15) is 31.7 Å². The third kappa shape index (κ3) is 1.53. The number of fused-ring (bicyclic) bond motifs is 1. The second-order valence-electron chi connectivity index (χ2n) is 4.03. The quantitative estimate of drug-likeness (QED) is 0.711. The standard InChI is InChI=1S/C11H16N2/c1-8(2)9-3-6-13-11-4-5-12-7-10(9)11/h4-5,7-9,13H,3,6H2,1-2H3. The van der Waals surface area contributed by atoms with E-state index >= 15 is 0 Å². The van der Waals surface area contributed by atoms with Gasteiger partial charge in [0, 0.05) is 24.6 Å². The Hall–Kier alpha value is -1.05. The molecular formula is C11H16N2. The van der Waals surface area contributed by atoms with E-state index in [0.717, 1.165) is 6.54 Å². The van der Waals surface area contributed by atoms with Crippen LogP contribution in [-0.4, -0.2) is 11.5 Å². The van der Waals surface area contributed by atoms with Gasteiger partial charge in [0.2, 0.25) is 0 Å². The van der Waals surface area contributed by atoms with Gasteiger partial charge in [0.25, 0.3) is 0 Å². The summed E-state index contributed by atoms with van der Waals surface area (Å²) in [6, 6.07) is 2.07. The highest BCUT2D eigenvalue weighted by Gasteiger charge is 2.22. The third-order valence-electron chi connectivity index (χ3n) is 2.83. The van der Waals surface area contributed by atoms with Crippen molar-refractivity contribution in [2.45, 2.75) is 26.2 Å². The van der Waals surface area contributed by atoms with Crippen molar-refractivity contribution in [3.63, 3.8) is 0 Å². The molecule has 1 aromatic heterocycles. The molecule has 0 bridgehead atoms. The van der Waals surface area contributed by atoms with Crippen LogP contribution in [0.2, 0.25) is 0 Å². The lowest BCUT2D eigenvalue weighted by molar-refractivity contribution is 0.468. The first-order chi connectivity index (χ1) is 6.29. The van der Waals surface area contributed by atoms with Gasteiger partial charge in [-0.15, -0.1) is 0 Å². The van der Waals surface area contributed by atoms with Gasteiger partial charge in [-0.3, -0.25) is 4.98 Å². The van der Waals surface area contributed by atoms with Crippen LogP contribution in [0.4, 0.5) is 5.69 Å². The number of rotatable bonds is 1. The fourth-order valence-electron chi connectivity index (χ4n) is 2.07. The van der Waals surface area contributed by atoms with E-state index in [-0.39, 0.29) is 0 Å². The molecule has 2 rings (SSSR count). The van der Waals surface area contributed by atoms with E-state index in [1.54, 1.807) is 0 Å². The summed E-state index contributed by atoms with van der Waals surface area (Å²) in [6.45, 7) is 5.67. The van der Waals surface area contributed by atoms with Gasteiger partial charge in [0.05, 0.1) is 0 Å². The van der Waals surface area contributed by atoms with E-state index in [0.29, 0.717) is 11.8 Å². The lowest BCUT2D eigenvalue weighted by Gasteiger charge is -2.28. The maximum atomic E-state index is 4.19. The van der Waals surface area contributed by atoms with Crippen LogP contribution in [0.3, 0.4) is 0 Å². The Bertz CT molecular complexity index is 294. The SMILES string of the molecule is CC(C)C1CCNc2ccncc21. The molecule has 1 aromatic rings. The lowest BCUT2D eigenvalue weighted by Crippen LogP contribution is -2.20. The van der Waals surface area contributed by atoms with Gasteiger partial charge >= 0.3 is 0 Å². The molecule has 0 aromatic carbocycles. The molecule has 0 aliphatic carbocycles. The summed E-state index contributed by atoms with van der Waals surface area (Å²) >= 11 is 0. The molecular weight excluding hydrogens is 160 g/mol. The van der Waals surface area contributed by atoms with E-state index in [4.69, 9.17) is 0 Å². The molecule has 1 aliphatic rings. The maximum Gasteiger partial charge on any atom is 0.0406 e. The van der Waals surface area contributed by atoms with Crippen LogP contribution in [0, 0.1) is 5.92 Å². The summed E-state index contributed by atoms with van der Waals surface area (Å²) in [4.78, 5) is 4.19. The number of hydrogen-bond acceptors (Lipinski definition) is 2. The average Bonchev–Trinajstić information content (AvgIpc) is 2.17. The van der Waals surface area contributed by atoms with Crippen molar-refractivity contribution < 1.29 is 0 Å². The molecule has 1 aliphatic heterocycles. The van der Waals surface area contributed by atoms with Gasteiger partial charge in [-0.25, -0.2) is 0 Å². The van der Waals surface area contributed by atoms with Crippen LogP contribution in [0.5, 0.6) is 0 Å². The first-order valence-corrected chi connectivity index (χ1v) is 4.97. The zero-order valence-electron chi connectivity index (χ0n) is 8.25. The normalized spacial score (nSPS) is 21.0. The summed E-state index contributed by atoms with van der Waals surface area (Å²) in [6.07, 6.45) is 5.09. The van der Waals surface area contributed by atoms with Gasteiger partial charge in [-0.2, -0.15) is 0 Å². The van der Waals surface area contributed by atoms with Crippen LogP contribution >= 0.6 is 0 Å². The Morgan fingerprint density at radius 3 is 3.15 bits per heavy atom. The molecule has 0 amide bonds. The van der Waals surface area contributed by atoms with E-state index < -0.39 is 0 Å². The highest BCUT2D eigenvalue weighted by atomic mass is 14.9. The number of nitrogens with one attached hydrogen (secondary N) is 1. The zero-order valence-corrected chi connectivity index (χ0v) is 8.25. The van der Waals surface area contributed by atoms with Gasteiger partial charge in [-0.1, -0.05) is 13.8 Å². The minimum Gasteiger partial charge on any atom is -0.385 e. The smallest absolute Gasteiger partial charge is 0.0406 e. The van der Waals surface area contributed by atoms with Gasteiger partial charge < -0.3 is 5.32 Å². The minimum absolute atomic E-state index is 0.685. The van der Waals surface area contributed by atoms with Crippen LogP contribution < -0.4 is 5.32 Å². The Labute approximate surface area is 79.4 Å². The molecule has 0 saturated heterocycles. The molecule has 0 radical (unpaired) electrons. The summed E-state index contributed by atoms with van der Waals surface area (Å²) in [5.41, 5.74) is 2.67.